The monoisotopic (exact) mass is 519 g/mol. The first-order chi connectivity index (χ1) is 17.4. The number of nitro benzene ring substituents is 1. The van der Waals surface area contributed by atoms with Crippen molar-refractivity contribution in [1.82, 2.24) is 10.3 Å². The number of hydrogen-bond acceptors (Lipinski definition) is 8. The third-order valence-corrected chi connectivity index (χ3v) is 7.16. The number of phenols is 1. The van der Waals surface area contributed by atoms with Crippen LogP contribution in [0, 0.1) is 10.1 Å². The number of aromatic hydroxyl groups is 1. The Kier molecular flexibility index (Phi) is 6.49. The van der Waals surface area contributed by atoms with Gasteiger partial charge in [0.15, 0.2) is 5.11 Å². The Morgan fingerprint density at radius 1 is 1.11 bits per heavy atom. The zero-order valence-corrected chi connectivity index (χ0v) is 20.6. The molecule has 0 radical (unpaired) electrons. The van der Waals surface area contributed by atoms with Crippen LogP contribution in [-0.2, 0) is 0 Å². The van der Waals surface area contributed by atoms with Crippen LogP contribution >= 0.6 is 23.6 Å². The Hall–Kier alpha value is -4.09. The van der Waals surface area contributed by atoms with Crippen LogP contribution < -0.4 is 15.5 Å². The molecule has 9 nitrogen and oxygen atoms in total. The number of hydrogen-bond donors (Lipinski definition) is 3. The highest BCUT2D eigenvalue weighted by Gasteiger charge is 2.24. The van der Waals surface area contributed by atoms with Crippen LogP contribution in [0.3, 0.4) is 0 Å². The quantitative estimate of drug-likeness (QED) is 0.184. The van der Waals surface area contributed by atoms with Gasteiger partial charge in [-0.2, -0.15) is 0 Å². The molecule has 5 rings (SSSR count). The van der Waals surface area contributed by atoms with E-state index in [9.17, 15) is 20.0 Å². The van der Waals surface area contributed by atoms with E-state index in [2.05, 4.69) is 15.6 Å². The van der Waals surface area contributed by atoms with Gasteiger partial charge < -0.3 is 15.3 Å². The maximum atomic E-state index is 12.7. The Morgan fingerprint density at radius 2 is 1.89 bits per heavy atom. The van der Waals surface area contributed by atoms with E-state index in [1.165, 1.54) is 23.5 Å². The van der Waals surface area contributed by atoms with E-state index in [0.29, 0.717) is 21.9 Å². The number of fused-ring (bicyclic) bond motifs is 1. The Morgan fingerprint density at radius 3 is 2.61 bits per heavy atom. The second kappa shape index (κ2) is 9.88. The number of benzene rings is 3. The molecule has 1 aliphatic heterocycles. The number of aromatic nitrogens is 1. The molecule has 0 atom stereocenters. The SMILES string of the molecule is O=C(NC(=S)Nc1ccc(-c2nc3ccccc3s2)c(O)c1)c1ccc(N2CCCC2)c([N+](=O)[O-])c1. The first kappa shape index (κ1) is 23.6. The summed E-state index contributed by atoms with van der Waals surface area (Å²) in [6.45, 7) is 1.51. The lowest BCUT2D eigenvalue weighted by Gasteiger charge is -2.18. The summed E-state index contributed by atoms with van der Waals surface area (Å²) in [6.07, 6.45) is 1.97. The predicted octanol–water partition coefficient (Wildman–Crippen LogP) is 5.30. The molecule has 2 heterocycles. The van der Waals surface area contributed by atoms with E-state index in [0.717, 1.165) is 36.1 Å². The summed E-state index contributed by atoms with van der Waals surface area (Å²) in [5, 5.41) is 28.3. The second-order valence-corrected chi connectivity index (χ2v) is 9.72. The van der Waals surface area contributed by atoms with Gasteiger partial charge >= 0.3 is 0 Å². The molecule has 0 unspecified atom stereocenters. The highest BCUT2D eigenvalue weighted by molar-refractivity contribution is 7.80. The van der Waals surface area contributed by atoms with Crippen molar-refractivity contribution in [1.29, 1.82) is 0 Å². The van der Waals surface area contributed by atoms with Crippen molar-refractivity contribution >= 4 is 61.9 Å². The summed E-state index contributed by atoms with van der Waals surface area (Å²) in [6, 6.07) is 17.1. The van der Waals surface area contributed by atoms with Gasteiger partial charge in [-0.3, -0.25) is 20.2 Å². The van der Waals surface area contributed by atoms with Gasteiger partial charge in [-0.05, 0) is 61.5 Å². The summed E-state index contributed by atoms with van der Waals surface area (Å²) in [7, 11) is 0. The molecule has 1 amide bonds. The Bertz CT molecular complexity index is 1460. The van der Waals surface area contributed by atoms with Crippen LogP contribution in [0.2, 0.25) is 0 Å². The van der Waals surface area contributed by atoms with Crippen molar-refractivity contribution in [2.24, 2.45) is 0 Å². The van der Waals surface area contributed by atoms with Crippen molar-refractivity contribution in [2.45, 2.75) is 12.8 Å². The zero-order valence-electron chi connectivity index (χ0n) is 18.9. The molecule has 3 N–H and O–H groups in total. The molecule has 0 saturated carbocycles. The highest BCUT2D eigenvalue weighted by atomic mass is 32.1. The zero-order chi connectivity index (χ0) is 25.2. The average Bonchev–Trinajstić information content (AvgIpc) is 3.54. The number of nitrogens with zero attached hydrogens (tertiary/aromatic N) is 3. The number of phenolic OH excluding ortho intramolecular Hbond substituents is 1. The van der Waals surface area contributed by atoms with Crippen LogP contribution in [0.4, 0.5) is 17.1 Å². The summed E-state index contributed by atoms with van der Waals surface area (Å²) in [4.78, 5) is 30.4. The molecule has 4 aromatic rings. The van der Waals surface area contributed by atoms with E-state index in [1.807, 2.05) is 29.2 Å². The predicted molar refractivity (Wildman–Crippen MR) is 145 cm³/mol. The fraction of sp³-hybridized carbons (Fsp3) is 0.160. The number of amides is 1. The number of nitrogens with one attached hydrogen (secondary N) is 2. The summed E-state index contributed by atoms with van der Waals surface area (Å²) >= 11 is 6.72. The molecule has 1 fully saturated rings. The van der Waals surface area contributed by atoms with Gasteiger partial charge in [0, 0.05) is 36.5 Å². The van der Waals surface area contributed by atoms with Crippen LogP contribution in [-0.4, -0.2) is 39.1 Å². The lowest BCUT2D eigenvalue weighted by molar-refractivity contribution is -0.384. The third kappa shape index (κ3) is 4.83. The summed E-state index contributed by atoms with van der Waals surface area (Å²) in [5.74, 6) is -0.555. The molecule has 3 aromatic carbocycles. The van der Waals surface area contributed by atoms with Gasteiger partial charge in [0.25, 0.3) is 11.6 Å². The minimum atomic E-state index is -0.570. The van der Waals surface area contributed by atoms with Gasteiger partial charge in [0.1, 0.15) is 16.4 Å². The van der Waals surface area contributed by atoms with Crippen molar-refractivity contribution in [2.75, 3.05) is 23.3 Å². The second-order valence-electron chi connectivity index (χ2n) is 8.28. The molecule has 1 aliphatic rings. The van der Waals surface area contributed by atoms with Crippen LogP contribution in [0.1, 0.15) is 23.2 Å². The molecule has 0 spiro atoms. The number of thiazole rings is 1. The van der Waals surface area contributed by atoms with E-state index in [-0.39, 0.29) is 22.1 Å². The van der Waals surface area contributed by atoms with Gasteiger partial charge in [-0.1, -0.05) is 12.1 Å². The Balaban J connectivity index is 1.27. The maximum absolute atomic E-state index is 12.7. The number of carbonyl (C=O) groups is 1. The topological polar surface area (TPSA) is 121 Å². The third-order valence-electron chi connectivity index (χ3n) is 5.89. The molecule has 0 bridgehead atoms. The molecular weight excluding hydrogens is 498 g/mol. The molecule has 1 saturated heterocycles. The van der Waals surface area contributed by atoms with Crippen molar-refractivity contribution < 1.29 is 14.8 Å². The van der Waals surface area contributed by atoms with E-state index >= 15 is 0 Å². The number of rotatable bonds is 5. The van der Waals surface area contributed by atoms with Crippen molar-refractivity contribution in [3.63, 3.8) is 0 Å². The van der Waals surface area contributed by atoms with E-state index < -0.39 is 10.8 Å². The van der Waals surface area contributed by atoms with Crippen LogP contribution in [0.25, 0.3) is 20.8 Å². The standard InChI is InChI=1S/C25H21N5O4S2/c31-21-14-16(8-9-17(21)24-27-18-5-1-2-6-22(18)36-24)26-25(35)28-23(32)15-7-10-19(20(13-15)30(33)34)29-11-3-4-12-29/h1-2,5-10,13-14,31H,3-4,11-12H2,(H2,26,28,32,35). The van der Waals surface area contributed by atoms with Gasteiger partial charge in [0.2, 0.25) is 0 Å². The average molecular weight is 520 g/mol. The van der Waals surface area contributed by atoms with Crippen molar-refractivity contribution in [3.05, 3.63) is 76.3 Å². The lowest BCUT2D eigenvalue weighted by Crippen LogP contribution is -2.34. The van der Waals surface area contributed by atoms with Gasteiger partial charge in [0.05, 0.1) is 20.7 Å². The molecule has 1 aromatic heterocycles. The fourth-order valence-corrected chi connectivity index (χ4v) is 5.36. The minimum absolute atomic E-state index is 0.00147. The Labute approximate surface area is 215 Å². The molecule has 182 valence electrons. The van der Waals surface area contributed by atoms with Gasteiger partial charge in [-0.15, -0.1) is 11.3 Å². The smallest absolute Gasteiger partial charge is 0.293 e. The lowest BCUT2D eigenvalue weighted by atomic mass is 10.1. The highest BCUT2D eigenvalue weighted by Crippen LogP contribution is 2.36. The minimum Gasteiger partial charge on any atom is -0.507 e. The van der Waals surface area contributed by atoms with E-state index in [1.54, 1.807) is 24.3 Å². The fourth-order valence-electron chi connectivity index (χ4n) is 4.15. The largest absolute Gasteiger partial charge is 0.507 e. The number of thiocarbonyl (C=S) groups is 1. The van der Waals surface area contributed by atoms with Gasteiger partial charge in [-0.25, -0.2) is 4.98 Å². The number of carbonyl (C=O) groups excluding carboxylic acids is 1. The number of nitro groups is 1. The maximum Gasteiger partial charge on any atom is 0.293 e. The number of anilines is 2. The first-order valence-electron chi connectivity index (χ1n) is 11.2. The summed E-state index contributed by atoms with van der Waals surface area (Å²) < 4.78 is 1.02. The normalized spacial score (nSPS) is 13.1. The van der Waals surface area contributed by atoms with E-state index in [4.69, 9.17) is 12.2 Å². The molecule has 11 heteroatoms. The molecular formula is C25H21N5O4S2. The van der Waals surface area contributed by atoms with Crippen LogP contribution in [0.15, 0.2) is 60.7 Å². The number of para-hydroxylation sites is 1. The first-order valence-corrected chi connectivity index (χ1v) is 12.5. The van der Waals surface area contributed by atoms with Crippen LogP contribution in [0.5, 0.6) is 5.75 Å². The van der Waals surface area contributed by atoms with Crippen molar-refractivity contribution in [3.8, 4) is 16.3 Å². The molecule has 36 heavy (non-hydrogen) atoms. The summed E-state index contributed by atoms with van der Waals surface area (Å²) in [5.41, 5.74) is 2.44. The molecule has 0 aliphatic carbocycles.